The number of hydrogen-bond acceptors (Lipinski definition) is 3. The van der Waals surface area contributed by atoms with Gasteiger partial charge in [0.05, 0.1) is 0 Å². The van der Waals surface area contributed by atoms with Gasteiger partial charge in [-0.15, -0.1) is 0 Å². The summed E-state index contributed by atoms with van der Waals surface area (Å²) >= 11 is 0. The van der Waals surface area contributed by atoms with E-state index < -0.39 is 0 Å². The Balaban J connectivity index is 2.93. The van der Waals surface area contributed by atoms with E-state index in [-0.39, 0.29) is 11.3 Å². The van der Waals surface area contributed by atoms with E-state index in [2.05, 4.69) is 9.97 Å². The van der Waals surface area contributed by atoms with Gasteiger partial charge in [-0.3, -0.25) is 0 Å². The van der Waals surface area contributed by atoms with Gasteiger partial charge < -0.3 is 10.4 Å². The van der Waals surface area contributed by atoms with Crippen molar-refractivity contribution >= 4 is 11.3 Å². The summed E-state index contributed by atoms with van der Waals surface area (Å²) in [7, 11) is 0. The first kappa shape index (κ1) is 6.84. The molecule has 0 aromatic carbocycles. The van der Waals surface area contributed by atoms with Crippen LogP contribution < -0.4 is 9.46 Å². The molecule has 0 fully saturated rings. The molecule has 0 saturated carbocycles. The van der Waals surface area contributed by atoms with E-state index in [0.29, 0.717) is 15.3 Å². The largest absolute Gasteiger partial charge is 0.710 e. The van der Waals surface area contributed by atoms with E-state index in [9.17, 15) is 10.4 Å². The van der Waals surface area contributed by atoms with Crippen LogP contribution in [0, 0.1) is 17.3 Å². The molecule has 0 aliphatic rings. The van der Waals surface area contributed by atoms with Gasteiger partial charge in [0.1, 0.15) is 12.4 Å². The third-order valence-corrected chi connectivity index (χ3v) is 1.55. The number of aryl methyl sites for hydroxylation is 1. The normalized spacial score (nSPS) is 10.8. The van der Waals surface area contributed by atoms with Crippen LogP contribution in [0.3, 0.4) is 0 Å². The fourth-order valence-electron chi connectivity index (χ4n) is 1.04. The number of aromatic amines is 1. The lowest BCUT2D eigenvalue weighted by molar-refractivity contribution is -0.630. The topological polar surface area (TPSA) is 82.6 Å². The molecule has 12 heavy (non-hydrogen) atoms. The van der Waals surface area contributed by atoms with Gasteiger partial charge in [0, 0.05) is 11.9 Å². The average Bonchev–Trinajstić information content (AvgIpc) is 2.41. The van der Waals surface area contributed by atoms with Crippen LogP contribution in [0.15, 0.2) is 12.4 Å². The summed E-state index contributed by atoms with van der Waals surface area (Å²) in [4.78, 5) is 6.53. The van der Waals surface area contributed by atoms with Crippen molar-refractivity contribution in [2.75, 3.05) is 0 Å². The summed E-state index contributed by atoms with van der Waals surface area (Å²) in [5.41, 5.74) is 0.301. The van der Waals surface area contributed by atoms with Crippen molar-refractivity contribution in [2.24, 2.45) is 0 Å². The third kappa shape index (κ3) is 0.777. The molecule has 2 aromatic heterocycles. The van der Waals surface area contributed by atoms with E-state index in [1.165, 1.54) is 0 Å². The van der Waals surface area contributed by atoms with Crippen LogP contribution in [0.5, 0.6) is 0 Å². The van der Waals surface area contributed by atoms with Crippen LogP contribution in [0.25, 0.3) is 11.3 Å². The van der Waals surface area contributed by atoms with Crippen molar-refractivity contribution in [3.05, 3.63) is 28.6 Å². The molecule has 0 aliphatic heterocycles. The quantitative estimate of drug-likeness (QED) is 0.408. The van der Waals surface area contributed by atoms with E-state index in [0.717, 1.165) is 12.4 Å². The Bertz CT molecular complexity index is 397. The first-order chi connectivity index (χ1) is 5.68. The zero-order valence-corrected chi connectivity index (χ0v) is 6.31. The molecule has 0 unspecified atom stereocenters. The Kier molecular flexibility index (Phi) is 1.18. The molecule has 2 aromatic rings. The standard InChI is InChI=1S/C6H6N4O2/c1-4-7-5-6(8-4)10(12)3-2-9(5)11/h2-3H,1H3,(H,7,8). The van der Waals surface area contributed by atoms with Gasteiger partial charge in [-0.05, 0) is 0 Å². The molecule has 0 saturated heterocycles. The maximum atomic E-state index is 11.0. The van der Waals surface area contributed by atoms with Crippen molar-refractivity contribution in [3.63, 3.8) is 0 Å². The lowest BCUT2D eigenvalue weighted by Gasteiger charge is -2.02. The molecule has 0 aliphatic carbocycles. The molecule has 2 rings (SSSR count). The minimum atomic E-state index is 0.116. The third-order valence-electron chi connectivity index (χ3n) is 1.55. The number of H-pyrrole nitrogens is 1. The lowest BCUT2D eigenvalue weighted by atomic mass is 10.7. The molecule has 0 bridgehead atoms. The Hall–Kier alpha value is -1.85. The minimum absolute atomic E-state index is 0.116. The SMILES string of the molecule is Cc1nc2c([nH]1)[n+]([O-])cc[n+]2[O-]. The van der Waals surface area contributed by atoms with Crippen LogP contribution in [-0.4, -0.2) is 9.97 Å². The highest BCUT2D eigenvalue weighted by Gasteiger charge is 2.18. The maximum absolute atomic E-state index is 11.0. The number of rotatable bonds is 0. The summed E-state index contributed by atoms with van der Waals surface area (Å²) in [6.45, 7) is 1.68. The number of fused-ring (bicyclic) bond motifs is 1. The maximum Gasteiger partial charge on any atom is 0.421 e. The molecule has 1 N–H and O–H groups in total. The molecule has 0 radical (unpaired) electrons. The molecule has 62 valence electrons. The molecule has 0 atom stereocenters. The van der Waals surface area contributed by atoms with Gasteiger partial charge in [-0.25, -0.2) is 9.46 Å². The van der Waals surface area contributed by atoms with Crippen LogP contribution in [0.2, 0.25) is 0 Å². The first-order valence-electron chi connectivity index (χ1n) is 3.36. The highest BCUT2D eigenvalue weighted by Crippen LogP contribution is 1.98. The lowest BCUT2D eigenvalue weighted by Crippen LogP contribution is -2.36. The van der Waals surface area contributed by atoms with Crippen LogP contribution >= 0.6 is 0 Å². The highest BCUT2D eigenvalue weighted by molar-refractivity contribution is 5.57. The number of nitrogens with zero attached hydrogens (tertiary/aromatic N) is 3. The summed E-state index contributed by atoms with van der Waals surface area (Å²) in [6, 6.07) is 0. The zero-order chi connectivity index (χ0) is 8.72. The monoisotopic (exact) mass is 166 g/mol. The van der Waals surface area contributed by atoms with Crippen molar-refractivity contribution in [3.8, 4) is 0 Å². The predicted molar refractivity (Wildman–Crippen MR) is 38.8 cm³/mol. The van der Waals surface area contributed by atoms with Crippen LogP contribution in [0.1, 0.15) is 5.82 Å². The summed E-state index contributed by atoms with van der Waals surface area (Å²) in [6.07, 6.45) is 2.25. The second-order valence-corrected chi connectivity index (χ2v) is 2.44. The van der Waals surface area contributed by atoms with E-state index in [1.54, 1.807) is 6.92 Å². The van der Waals surface area contributed by atoms with Gasteiger partial charge in [0.15, 0.2) is 0 Å². The van der Waals surface area contributed by atoms with Gasteiger partial charge in [-0.2, -0.15) is 4.98 Å². The Morgan fingerprint density at radius 1 is 1.33 bits per heavy atom. The summed E-state index contributed by atoms with van der Waals surface area (Å²) in [5.74, 6) is 0.547. The Morgan fingerprint density at radius 3 is 2.67 bits per heavy atom. The Labute approximate surface area is 67.3 Å². The summed E-state index contributed by atoms with van der Waals surface area (Å²) in [5, 5.41) is 22.1. The zero-order valence-electron chi connectivity index (χ0n) is 6.31. The molecule has 6 heteroatoms. The van der Waals surface area contributed by atoms with Crippen LogP contribution in [0.4, 0.5) is 0 Å². The number of hydrogen-bond donors (Lipinski definition) is 1. The minimum Gasteiger partial charge on any atom is -0.710 e. The fourth-order valence-corrected chi connectivity index (χ4v) is 1.04. The fraction of sp³-hybridized carbons (Fsp3) is 0.167. The predicted octanol–water partition coefficient (Wildman–Crippen LogP) is -0.862. The molecule has 6 nitrogen and oxygen atoms in total. The van der Waals surface area contributed by atoms with Crippen molar-refractivity contribution < 1.29 is 9.46 Å². The number of nitrogens with one attached hydrogen (secondary N) is 1. The number of aromatic nitrogens is 4. The van der Waals surface area contributed by atoms with Crippen molar-refractivity contribution in [1.82, 2.24) is 9.97 Å². The molecule has 0 spiro atoms. The first-order valence-corrected chi connectivity index (χ1v) is 3.36. The Morgan fingerprint density at radius 2 is 2.00 bits per heavy atom. The van der Waals surface area contributed by atoms with Gasteiger partial charge in [0.2, 0.25) is 0 Å². The van der Waals surface area contributed by atoms with Gasteiger partial charge in [-0.1, -0.05) is 0 Å². The average molecular weight is 166 g/mol. The van der Waals surface area contributed by atoms with Gasteiger partial charge >= 0.3 is 17.1 Å². The molecular weight excluding hydrogens is 160 g/mol. The molecular formula is C6H6N4O2. The van der Waals surface area contributed by atoms with Crippen molar-refractivity contribution in [1.29, 1.82) is 0 Å². The van der Waals surface area contributed by atoms with E-state index in [4.69, 9.17) is 0 Å². The second-order valence-electron chi connectivity index (χ2n) is 2.44. The van der Waals surface area contributed by atoms with Crippen molar-refractivity contribution in [2.45, 2.75) is 6.92 Å². The van der Waals surface area contributed by atoms with Crippen LogP contribution in [-0.2, 0) is 0 Å². The second kappa shape index (κ2) is 2.07. The smallest absolute Gasteiger partial charge is 0.421 e. The molecule has 0 amide bonds. The number of imidazole rings is 1. The van der Waals surface area contributed by atoms with E-state index in [1.807, 2.05) is 0 Å². The highest BCUT2D eigenvalue weighted by atomic mass is 16.5. The van der Waals surface area contributed by atoms with Gasteiger partial charge in [0.25, 0.3) is 0 Å². The molecule has 2 heterocycles. The van der Waals surface area contributed by atoms with E-state index >= 15 is 0 Å². The summed E-state index contributed by atoms with van der Waals surface area (Å²) < 4.78 is 1.12.